The molecule has 0 spiro atoms. The number of benzene rings is 1. The van der Waals surface area contributed by atoms with Gasteiger partial charge in [-0.3, -0.25) is 4.90 Å². The number of nitrogens with zero attached hydrogens (tertiary/aromatic N) is 1. The summed E-state index contributed by atoms with van der Waals surface area (Å²) in [6.45, 7) is 4.48. The first-order valence-electron chi connectivity index (χ1n) is 5.96. The van der Waals surface area contributed by atoms with Crippen LogP contribution < -0.4 is 5.73 Å². The highest BCUT2D eigenvalue weighted by molar-refractivity contribution is 5.28. The molecule has 2 nitrogen and oxygen atoms in total. The van der Waals surface area contributed by atoms with Crippen molar-refractivity contribution < 1.29 is 4.39 Å². The molecule has 2 rings (SSSR count). The molecule has 1 aromatic rings. The second-order valence-electron chi connectivity index (χ2n) is 4.41. The SMILES string of the molecule is CCN(Cc1cc(F)ccc1CN)C1CC1. The van der Waals surface area contributed by atoms with Gasteiger partial charge in [0.1, 0.15) is 5.82 Å². The second-order valence-corrected chi connectivity index (χ2v) is 4.41. The van der Waals surface area contributed by atoms with Crippen molar-refractivity contribution in [2.45, 2.75) is 38.9 Å². The molecule has 0 heterocycles. The maximum absolute atomic E-state index is 13.2. The zero-order valence-electron chi connectivity index (χ0n) is 9.75. The Kier molecular flexibility index (Phi) is 3.56. The second kappa shape index (κ2) is 4.93. The van der Waals surface area contributed by atoms with Gasteiger partial charge in [0.2, 0.25) is 0 Å². The molecule has 1 aliphatic rings. The third-order valence-electron chi connectivity index (χ3n) is 3.23. The van der Waals surface area contributed by atoms with Crippen molar-refractivity contribution in [3.8, 4) is 0 Å². The van der Waals surface area contributed by atoms with Crippen LogP contribution in [0.25, 0.3) is 0 Å². The lowest BCUT2D eigenvalue weighted by atomic mass is 10.1. The number of hydrogen-bond donors (Lipinski definition) is 1. The molecule has 0 amide bonds. The number of hydrogen-bond acceptors (Lipinski definition) is 2. The Labute approximate surface area is 96.2 Å². The highest BCUT2D eigenvalue weighted by atomic mass is 19.1. The molecule has 1 fully saturated rings. The smallest absolute Gasteiger partial charge is 0.123 e. The van der Waals surface area contributed by atoms with Gasteiger partial charge in [0.15, 0.2) is 0 Å². The number of rotatable bonds is 5. The topological polar surface area (TPSA) is 29.3 Å². The van der Waals surface area contributed by atoms with E-state index in [1.165, 1.54) is 18.9 Å². The fraction of sp³-hybridized carbons (Fsp3) is 0.538. The third kappa shape index (κ3) is 2.60. The summed E-state index contributed by atoms with van der Waals surface area (Å²) in [5.41, 5.74) is 7.76. The lowest BCUT2D eigenvalue weighted by Gasteiger charge is -2.21. The standard InChI is InChI=1S/C13H19FN2/c1-2-16(13-5-6-13)9-11-7-12(14)4-3-10(11)8-15/h3-4,7,13H,2,5-6,8-9,15H2,1H3. The molecule has 0 aromatic heterocycles. The summed E-state index contributed by atoms with van der Waals surface area (Å²) in [5.74, 6) is -0.168. The molecule has 0 saturated heterocycles. The first-order chi connectivity index (χ1) is 7.74. The summed E-state index contributed by atoms with van der Waals surface area (Å²) < 4.78 is 13.2. The van der Waals surface area contributed by atoms with E-state index in [2.05, 4.69) is 11.8 Å². The van der Waals surface area contributed by atoms with Crippen LogP contribution in [0.1, 0.15) is 30.9 Å². The van der Waals surface area contributed by atoms with E-state index in [-0.39, 0.29) is 5.82 Å². The lowest BCUT2D eigenvalue weighted by Crippen LogP contribution is -2.26. The van der Waals surface area contributed by atoms with Gasteiger partial charge < -0.3 is 5.73 Å². The molecule has 0 unspecified atom stereocenters. The van der Waals surface area contributed by atoms with E-state index in [1.54, 1.807) is 12.1 Å². The molecule has 3 heteroatoms. The Morgan fingerprint density at radius 1 is 1.38 bits per heavy atom. The predicted octanol–water partition coefficient (Wildman–Crippen LogP) is 2.27. The van der Waals surface area contributed by atoms with Gasteiger partial charge in [0, 0.05) is 19.1 Å². The maximum Gasteiger partial charge on any atom is 0.123 e. The molecule has 0 bridgehead atoms. The fourth-order valence-electron chi connectivity index (χ4n) is 2.10. The van der Waals surface area contributed by atoms with E-state index in [1.807, 2.05) is 0 Å². The monoisotopic (exact) mass is 222 g/mol. The van der Waals surface area contributed by atoms with Crippen molar-refractivity contribution in [3.63, 3.8) is 0 Å². The van der Waals surface area contributed by atoms with E-state index in [9.17, 15) is 4.39 Å². The van der Waals surface area contributed by atoms with E-state index < -0.39 is 0 Å². The van der Waals surface area contributed by atoms with Gasteiger partial charge in [-0.2, -0.15) is 0 Å². The fourth-order valence-corrected chi connectivity index (χ4v) is 2.10. The Bertz CT molecular complexity index is 361. The molecule has 1 aliphatic carbocycles. The maximum atomic E-state index is 13.2. The minimum atomic E-state index is -0.168. The summed E-state index contributed by atoms with van der Waals surface area (Å²) in [6.07, 6.45) is 2.56. The van der Waals surface area contributed by atoms with Crippen molar-refractivity contribution in [2.75, 3.05) is 6.54 Å². The molecular weight excluding hydrogens is 203 g/mol. The molecule has 88 valence electrons. The average molecular weight is 222 g/mol. The average Bonchev–Trinajstić information content (AvgIpc) is 3.10. The van der Waals surface area contributed by atoms with E-state index in [0.29, 0.717) is 12.6 Å². The largest absolute Gasteiger partial charge is 0.326 e. The van der Waals surface area contributed by atoms with Crippen molar-refractivity contribution >= 4 is 0 Å². The summed E-state index contributed by atoms with van der Waals surface area (Å²) in [4.78, 5) is 2.40. The molecule has 1 saturated carbocycles. The predicted molar refractivity (Wildman–Crippen MR) is 63.4 cm³/mol. The van der Waals surface area contributed by atoms with Crippen molar-refractivity contribution in [1.82, 2.24) is 4.90 Å². The molecule has 0 aliphatic heterocycles. The van der Waals surface area contributed by atoms with Crippen molar-refractivity contribution in [2.24, 2.45) is 5.73 Å². The zero-order valence-corrected chi connectivity index (χ0v) is 9.75. The molecule has 0 atom stereocenters. The van der Waals surface area contributed by atoms with Crippen LogP contribution in [0.15, 0.2) is 18.2 Å². The van der Waals surface area contributed by atoms with Crippen molar-refractivity contribution in [1.29, 1.82) is 0 Å². The summed E-state index contributed by atoms with van der Waals surface area (Å²) in [7, 11) is 0. The van der Waals surface area contributed by atoms with Crippen LogP contribution in [-0.4, -0.2) is 17.5 Å². The molecule has 16 heavy (non-hydrogen) atoms. The molecule has 1 aromatic carbocycles. The van der Waals surface area contributed by atoms with Gasteiger partial charge in [-0.05, 0) is 42.6 Å². The first-order valence-corrected chi connectivity index (χ1v) is 5.96. The van der Waals surface area contributed by atoms with Crippen LogP contribution in [0.4, 0.5) is 4.39 Å². The molecule has 0 radical (unpaired) electrons. The van der Waals surface area contributed by atoms with Crippen LogP contribution in [-0.2, 0) is 13.1 Å². The molecular formula is C13H19FN2. The number of halogens is 1. The Hall–Kier alpha value is -0.930. The first kappa shape index (κ1) is 11.6. The van der Waals surface area contributed by atoms with Gasteiger partial charge in [0.05, 0.1) is 0 Å². The number of nitrogens with two attached hydrogens (primary N) is 1. The highest BCUT2D eigenvalue weighted by Crippen LogP contribution is 2.28. The zero-order chi connectivity index (χ0) is 11.5. The van der Waals surface area contributed by atoms with Crippen LogP contribution in [0.3, 0.4) is 0 Å². The van der Waals surface area contributed by atoms with Crippen LogP contribution in [0.2, 0.25) is 0 Å². The summed E-state index contributed by atoms with van der Waals surface area (Å²) >= 11 is 0. The van der Waals surface area contributed by atoms with Gasteiger partial charge in [-0.1, -0.05) is 13.0 Å². The van der Waals surface area contributed by atoms with Crippen molar-refractivity contribution in [3.05, 3.63) is 35.1 Å². The Balaban J connectivity index is 2.14. The third-order valence-corrected chi connectivity index (χ3v) is 3.23. The van der Waals surface area contributed by atoms with Crippen LogP contribution in [0, 0.1) is 5.82 Å². The van der Waals surface area contributed by atoms with E-state index in [0.717, 1.165) is 24.2 Å². The van der Waals surface area contributed by atoms with Gasteiger partial charge in [0.25, 0.3) is 0 Å². The lowest BCUT2D eigenvalue weighted by molar-refractivity contribution is 0.268. The summed E-state index contributed by atoms with van der Waals surface area (Å²) in [6, 6.07) is 5.61. The van der Waals surface area contributed by atoms with Gasteiger partial charge >= 0.3 is 0 Å². The summed E-state index contributed by atoms with van der Waals surface area (Å²) in [5, 5.41) is 0. The molecule has 2 N–H and O–H groups in total. The van der Waals surface area contributed by atoms with E-state index in [4.69, 9.17) is 5.73 Å². The Morgan fingerprint density at radius 2 is 2.12 bits per heavy atom. The van der Waals surface area contributed by atoms with E-state index >= 15 is 0 Å². The minimum Gasteiger partial charge on any atom is -0.326 e. The highest BCUT2D eigenvalue weighted by Gasteiger charge is 2.28. The van der Waals surface area contributed by atoms with Crippen LogP contribution >= 0.6 is 0 Å². The quantitative estimate of drug-likeness (QED) is 0.828. The minimum absolute atomic E-state index is 0.168. The van der Waals surface area contributed by atoms with Gasteiger partial charge in [-0.15, -0.1) is 0 Å². The normalized spacial score (nSPS) is 15.8. The Morgan fingerprint density at radius 3 is 2.69 bits per heavy atom. The van der Waals surface area contributed by atoms with Crippen LogP contribution in [0.5, 0.6) is 0 Å². The van der Waals surface area contributed by atoms with Gasteiger partial charge in [-0.25, -0.2) is 4.39 Å².